The van der Waals surface area contributed by atoms with Crippen LogP contribution in [0.2, 0.25) is 0 Å². The molecule has 0 fully saturated rings. The van der Waals surface area contributed by atoms with Gasteiger partial charge < -0.3 is 15.2 Å². The van der Waals surface area contributed by atoms with Crippen LogP contribution in [-0.4, -0.2) is 25.9 Å². The molecule has 19 heavy (non-hydrogen) atoms. The fourth-order valence-electron chi connectivity index (χ4n) is 1.66. The maximum absolute atomic E-state index is 6.15. The molecule has 0 radical (unpaired) electrons. The number of ether oxygens (including phenoxy) is 2. The fourth-order valence-corrected chi connectivity index (χ4v) is 3.23. The molecule has 5 heteroatoms. The Morgan fingerprint density at radius 2 is 2.11 bits per heavy atom. The third kappa shape index (κ3) is 6.36. The first kappa shape index (κ1) is 17.1. The smallest absolute Gasteiger partial charge is 0.107 e. The highest BCUT2D eigenvalue weighted by molar-refractivity contribution is 9.10. The molecule has 110 valence electrons. The van der Waals surface area contributed by atoms with Crippen molar-refractivity contribution in [3.63, 3.8) is 0 Å². The minimum absolute atomic E-state index is 0.0237. The molecule has 3 nitrogen and oxygen atoms in total. The Labute approximate surface area is 128 Å². The van der Waals surface area contributed by atoms with Crippen molar-refractivity contribution in [1.29, 1.82) is 0 Å². The van der Waals surface area contributed by atoms with Crippen molar-refractivity contribution in [2.24, 2.45) is 11.7 Å². The highest BCUT2D eigenvalue weighted by Crippen LogP contribution is 2.30. The maximum atomic E-state index is 6.15. The average molecular weight is 350 g/mol. The lowest BCUT2D eigenvalue weighted by Gasteiger charge is -2.22. The molecule has 1 aromatic rings. The summed E-state index contributed by atoms with van der Waals surface area (Å²) in [6, 6.07) is 2.11. The molecule has 0 aliphatic rings. The number of hydrogen-bond acceptors (Lipinski definition) is 4. The molecule has 0 aliphatic carbocycles. The summed E-state index contributed by atoms with van der Waals surface area (Å²) in [6.45, 7) is 8.34. The summed E-state index contributed by atoms with van der Waals surface area (Å²) in [5, 5.41) is 2.06. The van der Waals surface area contributed by atoms with E-state index in [0.29, 0.717) is 19.1 Å². The molecule has 1 rings (SSSR count). The van der Waals surface area contributed by atoms with Crippen molar-refractivity contribution >= 4 is 27.3 Å². The molecule has 1 aromatic heterocycles. The van der Waals surface area contributed by atoms with Gasteiger partial charge in [-0.2, -0.15) is 0 Å². The fraction of sp³-hybridized carbons (Fsp3) is 0.714. The van der Waals surface area contributed by atoms with Crippen molar-refractivity contribution in [2.45, 2.75) is 39.3 Å². The number of rotatable bonds is 9. The van der Waals surface area contributed by atoms with Gasteiger partial charge in [0.05, 0.1) is 13.2 Å². The van der Waals surface area contributed by atoms with Crippen LogP contribution in [-0.2, 0) is 9.47 Å². The molecule has 0 spiro atoms. The van der Waals surface area contributed by atoms with Crippen LogP contribution in [0.4, 0.5) is 0 Å². The minimum atomic E-state index is -0.0380. The molecule has 0 amide bonds. The molecule has 2 atom stereocenters. The third-order valence-electron chi connectivity index (χ3n) is 2.70. The van der Waals surface area contributed by atoms with Crippen LogP contribution < -0.4 is 5.73 Å². The SMILES string of the molecule is CCC(N)C(OCCOCC(C)C)c1cc(Br)cs1. The van der Waals surface area contributed by atoms with Gasteiger partial charge in [0.2, 0.25) is 0 Å². The number of hydrogen-bond donors (Lipinski definition) is 1. The molecule has 2 unspecified atom stereocenters. The van der Waals surface area contributed by atoms with Crippen molar-refractivity contribution in [2.75, 3.05) is 19.8 Å². The zero-order valence-corrected chi connectivity index (χ0v) is 14.3. The van der Waals surface area contributed by atoms with Crippen LogP contribution in [0, 0.1) is 5.92 Å². The summed E-state index contributed by atoms with van der Waals surface area (Å²) in [6.07, 6.45) is 0.858. The van der Waals surface area contributed by atoms with Crippen LogP contribution in [0.3, 0.4) is 0 Å². The minimum Gasteiger partial charge on any atom is -0.379 e. The van der Waals surface area contributed by atoms with Crippen molar-refractivity contribution < 1.29 is 9.47 Å². The van der Waals surface area contributed by atoms with Gasteiger partial charge in [0.15, 0.2) is 0 Å². The van der Waals surface area contributed by atoms with Crippen molar-refractivity contribution in [1.82, 2.24) is 0 Å². The molecular formula is C14H24BrNO2S. The molecule has 0 aliphatic heterocycles. The van der Waals surface area contributed by atoms with Crippen LogP contribution >= 0.6 is 27.3 Å². The zero-order valence-electron chi connectivity index (χ0n) is 11.9. The van der Waals surface area contributed by atoms with Gasteiger partial charge >= 0.3 is 0 Å². The van der Waals surface area contributed by atoms with Crippen molar-refractivity contribution in [3.05, 3.63) is 20.8 Å². The molecule has 0 saturated heterocycles. The molecule has 2 N–H and O–H groups in total. The summed E-state index contributed by atoms with van der Waals surface area (Å²) < 4.78 is 12.5. The Morgan fingerprint density at radius 3 is 2.63 bits per heavy atom. The van der Waals surface area contributed by atoms with Gasteiger partial charge in [0.1, 0.15) is 6.10 Å². The van der Waals surface area contributed by atoms with Gasteiger partial charge in [-0.25, -0.2) is 0 Å². The van der Waals surface area contributed by atoms with E-state index in [2.05, 4.69) is 48.1 Å². The van der Waals surface area contributed by atoms with Gasteiger partial charge in [-0.15, -0.1) is 11.3 Å². The van der Waals surface area contributed by atoms with Gasteiger partial charge in [-0.3, -0.25) is 0 Å². The Hall–Kier alpha value is 0.0600. The second-order valence-electron chi connectivity index (χ2n) is 5.00. The normalized spacial score (nSPS) is 14.8. The summed E-state index contributed by atoms with van der Waals surface area (Å²) in [7, 11) is 0. The monoisotopic (exact) mass is 349 g/mol. The number of thiophene rings is 1. The Kier molecular flexibility index (Phi) is 8.18. The summed E-state index contributed by atoms with van der Waals surface area (Å²) in [5.74, 6) is 0.557. The lowest BCUT2D eigenvalue weighted by Crippen LogP contribution is -2.30. The quantitative estimate of drug-likeness (QED) is 0.685. The summed E-state index contributed by atoms with van der Waals surface area (Å²) in [5.41, 5.74) is 6.15. The van der Waals surface area contributed by atoms with E-state index in [4.69, 9.17) is 15.2 Å². The highest BCUT2D eigenvalue weighted by Gasteiger charge is 2.20. The van der Waals surface area contributed by atoms with Gasteiger partial charge in [0.25, 0.3) is 0 Å². The van der Waals surface area contributed by atoms with E-state index in [0.717, 1.165) is 17.5 Å². The Bertz CT molecular complexity index is 357. The van der Waals surface area contributed by atoms with Crippen LogP contribution in [0.15, 0.2) is 15.9 Å². The first-order valence-electron chi connectivity index (χ1n) is 6.73. The number of halogens is 1. The lowest BCUT2D eigenvalue weighted by molar-refractivity contribution is -0.0108. The second-order valence-corrected chi connectivity index (χ2v) is 6.86. The molecule has 0 saturated carbocycles. The standard InChI is InChI=1S/C14H24BrNO2S/c1-4-12(16)14(13-7-11(15)9-19-13)18-6-5-17-8-10(2)3/h7,9-10,12,14H,4-6,8,16H2,1-3H3. The molecule has 1 heterocycles. The van der Waals surface area contributed by atoms with E-state index in [1.54, 1.807) is 11.3 Å². The van der Waals surface area contributed by atoms with E-state index in [-0.39, 0.29) is 12.1 Å². The molecule has 0 aromatic carbocycles. The third-order valence-corrected chi connectivity index (χ3v) is 4.46. The predicted octanol–water partition coefficient (Wildman–Crippen LogP) is 3.98. The Balaban J connectivity index is 2.43. The second kappa shape index (κ2) is 9.08. The van der Waals surface area contributed by atoms with E-state index in [1.807, 2.05) is 0 Å². The largest absolute Gasteiger partial charge is 0.379 e. The van der Waals surface area contributed by atoms with E-state index < -0.39 is 0 Å². The van der Waals surface area contributed by atoms with Gasteiger partial charge in [0, 0.05) is 27.4 Å². The lowest BCUT2D eigenvalue weighted by atomic mass is 10.1. The van der Waals surface area contributed by atoms with Crippen LogP contribution in [0.5, 0.6) is 0 Å². The molecule has 0 bridgehead atoms. The zero-order chi connectivity index (χ0) is 14.3. The van der Waals surface area contributed by atoms with Crippen LogP contribution in [0.25, 0.3) is 0 Å². The maximum Gasteiger partial charge on any atom is 0.107 e. The first-order valence-corrected chi connectivity index (χ1v) is 8.40. The average Bonchev–Trinajstić information content (AvgIpc) is 2.79. The van der Waals surface area contributed by atoms with Gasteiger partial charge in [-0.1, -0.05) is 20.8 Å². The molecular weight excluding hydrogens is 326 g/mol. The number of nitrogens with two attached hydrogens (primary N) is 1. The van der Waals surface area contributed by atoms with E-state index in [1.165, 1.54) is 4.88 Å². The Morgan fingerprint density at radius 1 is 1.37 bits per heavy atom. The predicted molar refractivity (Wildman–Crippen MR) is 84.6 cm³/mol. The topological polar surface area (TPSA) is 44.5 Å². The summed E-state index contributed by atoms with van der Waals surface area (Å²) >= 11 is 5.15. The summed E-state index contributed by atoms with van der Waals surface area (Å²) in [4.78, 5) is 1.17. The first-order chi connectivity index (χ1) is 9.04. The van der Waals surface area contributed by atoms with Gasteiger partial charge in [-0.05, 0) is 34.3 Å². The van der Waals surface area contributed by atoms with Crippen LogP contribution in [0.1, 0.15) is 38.2 Å². The van der Waals surface area contributed by atoms with E-state index in [9.17, 15) is 0 Å². The highest BCUT2D eigenvalue weighted by atomic mass is 79.9. The van der Waals surface area contributed by atoms with E-state index >= 15 is 0 Å². The van der Waals surface area contributed by atoms with Crippen molar-refractivity contribution in [3.8, 4) is 0 Å².